The number of pyridine rings is 2. The Morgan fingerprint density at radius 3 is 2.83 bits per heavy atom. The van der Waals surface area contributed by atoms with Crippen molar-refractivity contribution >= 4 is 27.8 Å². The van der Waals surface area contributed by atoms with Gasteiger partial charge in [-0.05, 0) is 36.6 Å². The minimum atomic E-state index is -1.05. The van der Waals surface area contributed by atoms with Gasteiger partial charge in [-0.15, -0.1) is 0 Å². The molecule has 8 heteroatoms. The van der Waals surface area contributed by atoms with Gasteiger partial charge in [-0.1, -0.05) is 6.42 Å². The fraction of sp³-hybridized carbons (Fsp3) is 0.286. The van der Waals surface area contributed by atoms with Gasteiger partial charge in [-0.2, -0.15) is 0 Å². The fourth-order valence-corrected chi connectivity index (χ4v) is 4.01. The highest BCUT2D eigenvalue weighted by Crippen LogP contribution is 2.38. The number of aromatic amines is 1. The molecule has 1 aliphatic carbocycles. The monoisotopic (exact) mass is 395 g/mol. The van der Waals surface area contributed by atoms with Crippen LogP contribution in [-0.2, 0) is 6.54 Å². The third kappa shape index (κ3) is 2.78. The van der Waals surface area contributed by atoms with Crippen molar-refractivity contribution in [2.45, 2.75) is 31.7 Å². The maximum absolute atomic E-state index is 14.3. The Balaban J connectivity index is 1.73. The van der Waals surface area contributed by atoms with Crippen LogP contribution >= 0.6 is 0 Å². The molecule has 0 bridgehead atoms. The minimum absolute atomic E-state index is 0.119. The molecule has 0 saturated heterocycles. The summed E-state index contributed by atoms with van der Waals surface area (Å²) in [5.41, 5.74) is 2.34. The highest BCUT2D eigenvalue weighted by Gasteiger charge is 2.27. The number of hydrogen-bond acceptors (Lipinski definition) is 4. The fourth-order valence-electron chi connectivity index (χ4n) is 4.01. The Labute approximate surface area is 164 Å². The van der Waals surface area contributed by atoms with Crippen molar-refractivity contribution in [3.05, 3.63) is 63.8 Å². The SMILES string of the molecule is CNc1ccnc2c1nc(C1CCC1)n2Cc1cc(=O)[nH]c2c(F)c(F)ccc12. The van der Waals surface area contributed by atoms with Crippen LogP contribution in [0.1, 0.15) is 36.6 Å². The number of benzene rings is 1. The number of nitrogens with zero attached hydrogens (tertiary/aromatic N) is 3. The molecule has 0 spiro atoms. The van der Waals surface area contributed by atoms with Gasteiger partial charge in [0.2, 0.25) is 5.56 Å². The van der Waals surface area contributed by atoms with Gasteiger partial charge < -0.3 is 14.9 Å². The molecule has 1 aliphatic rings. The minimum Gasteiger partial charge on any atom is -0.386 e. The molecular weight excluding hydrogens is 376 g/mol. The average molecular weight is 395 g/mol. The van der Waals surface area contributed by atoms with Crippen molar-refractivity contribution in [1.82, 2.24) is 19.5 Å². The summed E-state index contributed by atoms with van der Waals surface area (Å²) in [6, 6.07) is 5.87. The number of aromatic nitrogens is 4. The van der Waals surface area contributed by atoms with Gasteiger partial charge in [0.15, 0.2) is 17.3 Å². The molecule has 0 atom stereocenters. The molecule has 148 valence electrons. The van der Waals surface area contributed by atoms with E-state index in [1.165, 1.54) is 12.1 Å². The second-order valence-corrected chi connectivity index (χ2v) is 7.41. The Hall–Kier alpha value is -3.29. The quantitative estimate of drug-likeness (QED) is 0.549. The Bertz CT molecular complexity index is 1310. The molecule has 1 saturated carbocycles. The van der Waals surface area contributed by atoms with Crippen LogP contribution in [0.3, 0.4) is 0 Å². The molecule has 0 amide bonds. The summed E-state index contributed by atoms with van der Waals surface area (Å²) in [6.45, 7) is 0.300. The molecule has 5 rings (SSSR count). The standard InChI is InChI=1S/C21H19F2N5O/c1-24-15-7-8-25-21-19(15)27-20(11-3-2-4-11)28(21)10-12-9-16(29)26-18-13(12)5-6-14(22)17(18)23/h5-9,11H,2-4,10H2,1H3,(H,24,25)(H,26,29). The Morgan fingerprint density at radius 2 is 2.10 bits per heavy atom. The van der Waals surface area contributed by atoms with Crippen molar-refractivity contribution in [3.63, 3.8) is 0 Å². The topological polar surface area (TPSA) is 75.6 Å². The third-order valence-electron chi connectivity index (χ3n) is 5.73. The van der Waals surface area contributed by atoms with Gasteiger partial charge in [0.05, 0.1) is 17.7 Å². The van der Waals surface area contributed by atoms with E-state index in [2.05, 4.69) is 15.3 Å². The first-order chi connectivity index (χ1) is 14.1. The highest BCUT2D eigenvalue weighted by molar-refractivity contribution is 5.86. The van der Waals surface area contributed by atoms with Gasteiger partial charge >= 0.3 is 0 Å². The lowest BCUT2D eigenvalue weighted by Gasteiger charge is -2.25. The Kier molecular flexibility index (Phi) is 4.08. The van der Waals surface area contributed by atoms with Crippen LogP contribution in [0.25, 0.3) is 22.1 Å². The Morgan fingerprint density at radius 1 is 1.28 bits per heavy atom. The number of imidazole rings is 1. The first-order valence-electron chi connectivity index (χ1n) is 9.59. The zero-order valence-electron chi connectivity index (χ0n) is 15.8. The summed E-state index contributed by atoms with van der Waals surface area (Å²) < 4.78 is 29.9. The van der Waals surface area contributed by atoms with Crippen molar-refractivity contribution in [2.24, 2.45) is 0 Å². The molecule has 2 N–H and O–H groups in total. The highest BCUT2D eigenvalue weighted by atomic mass is 19.2. The lowest BCUT2D eigenvalue weighted by atomic mass is 9.85. The summed E-state index contributed by atoms with van der Waals surface area (Å²) >= 11 is 0. The van der Waals surface area contributed by atoms with E-state index in [0.717, 1.165) is 42.4 Å². The van der Waals surface area contributed by atoms with Crippen LogP contribution in [0, 0.1) is 11.6 Å². The van der Waals surface area contributed by atoms with Crippen LogP contribution in [0.2, 0.25) is 0 Å². The normalized spacial score (nSPS) is 14.4. The number of anilines is 1. The molecule has 0 radical (unpaired) electrons. The first kappa shape index (κ1) is 17.8. The van der Waals surface area contributed by atoms with Gasteiger partial charge in [-0.25, -0.2) is 18.7 Å². The van der Waals surface area contributed by atoms with Crippen molar-refractivity contribution in [2.75, 3.05) is 12.4 Å². The van der Waals surface area contributed by atoms with E-state index >= 15 is 0 Å². The maximum atomic E-state index is 14.3. The zero-order valence-corrected chi connectivity index (χ0v) is 15.8. The lowest BCUT2D eigenvalue weighted by molar-refractivity contribution is 0.391. The number of fused-ring (bicyclic) bond motifs is 2. The molecule has 4 aromatic rings. The predicted octanol–water partition coefficient (Wildman–Crippen LogP) is 3.91. The van der Waals surface area contributed by atoms with Gasteiger partial charge in [0.1, 0.15) is 11.3 Å². The largest absolute Gasteiger partial charge is 0.386 e. The second-order valence-electron chi connectivity index (χ2n) is 7.41. The van der Waals surface area contributed by atoms with Crippen LogP contribution in [0.4, 0.5) is 14.5 Å². The van der Waals surface area contributed by atoms with Crippen molar-refractivity contribution in [3.8, 4) is 0 Å². The number of H-pyrrole nitrogens is 1. The molecule has 3 aromatic heterocycles. The average Bonchev–Trinajstić information content (AvgIpc) is 3.01. The summed E-state index contributed by atoms with van der Waals surface area (Å²) in [5, 5.41) is 3.61. The predicted molar refractivity (Wildman–Crippen MR) is 107 cm³/mol. The lowest BCUT2D eigenvalue weighted by Crippen LogP contribution is -2.17. The van der Waals surface area contributed by atoms with E-state index in [4.69, 9.17) is 4.98 Å². The molecule has 0 unspecified atom stereocenters. The van der Waals surface area contributed by atoms with Gasteiger partial charge in [0, 0.05) is 30.6 Å². The van der Waals surface area contributed by atoms with E-state index in [-0.39, 0.29) is 5.52 Å². The number of hydrogen-bond donors (Lipinski definition) is 2. The summed E-state index contributed by atoms with van der Waals surface area (Å²) in [4.78, 5) is 23.9. The van der Waals surface area contributed by atoms with E-state index in [9.17, 15) is 13.6 Å². The smallest absolute Gasteiger partial charge is 0.248 e. The zero-order chi connectivity index (χ0) is 20.1. The number of rotatable bonds is 4. The third-order valence-corrected chi connectivity index (χ3v) is 5.73. The van der Waals surface area contributed by atoms with E-state index in [1.807, 2.05) is 17.7 Å². The molecule has 1 fully saturated rings. The number of halogens is 2. The van der Waals surface area contributed by atoms with Crippen LogP contribution in [-0.4, -0.2) is 26.6 Å². The van der Waals surface area contributed by atoms with Gasteiger partial charge in [0.25, 0.3) is 0 Å². The summed E-state index contributed by atoms with van der Waals surface area (Å²) in [6.07, 6.45) is 4.96. The molecule has 6 nitrogen and oxygen atoms in total. The van der Waals surface area contributed by atoms with E-state index in [1.54, 1.807) is 6.20 Å². The van der Waals surface area contributed by atoms with Crippen molar-refractivity contribution < 1.29 is 8.78 Å². The molecule has 29 heavy (non-hydrogen) atoms. The van der Waals surface area contributed by atoms with E-state index < -0.39 is 17.2 Å². The second kappa shape index (κ2) is 6.65. The maximum Gasteiger partial charge on any atom is 0.248 e. The summed E-state index contributed by atoms with van der Waals surface area (Å²) in [7, 11) is 1.83. The van der Waals surface area contributed by atoms with Crippen LogP contribution < -0.4 is 10.9 Å². The molecular formula is C21H19F2N5O. The van der Waals surface area contributed by atoms with Gasteiger partial charge in [-0.3, -0.25) is 4.79 Å². The first-order valence-corrected chi connectivity index (χ1v) is 9.59. The van der Waals surface area contributed by atoms with E-state index in [0.29, 0.717) is 29.1 Å². The van der Waals surface area contributed by atoms with Crippen LogP contribution in [0.15, 0.2) is 35.3 Å². The van der Waals surface area contributed by atoms with Crippen molar-refractivity contribution in [1.29, 1.82) is 0 Å². The summed E-state index contributed by atoms with van der Waals surface area (Å²) in [5.74, 6) is -0.797. The number of nitrogens with one attached hydrogen (secondary N) is 2. The van der Waals surface area contributed by atoms with Crippen LogP contribution in [0.5, 0.6) is 0 Å². The molecule has 0 aliphatic heterocycles. The molecule has 1 aromatic carbocycles. The molecule has 3 heterocycles.